The quantitative estimate of drug-likeness (QED) is 0.191. The molecule has 212 valence electrons. The van der Waals surface area contributed by atoms with Gasteiger partial charge < -0.3 is 9.80 Å². The molecule has 42 heavy (non-hydrogen) atoms. The van der Waals surface area contributed by atoms with Gasteiger partial charge in [-0.25, -0.2) is 25.1 Å². The summed E-state index contributed by atoms with van der Waals surface area (Å²) in [5.41, 5.74) is 5.16. The highest BCUT2D eigenvalue weighted by molar-refractivity contribution is 6.21. The highest BCUT2D eigenvalue weighted by Crippen LogP contribution is 2.37. The topological polar surface area (TPSA) is 119 Å². The van der Waals surface area contributed by atoms with Gasteiger partial charge in [-0.1, -0.05) is 72.8 Å². The third-order valence-electron chi connectivity index (χ3n) is 7.91. The Hall–Kier alpha value is -5.09. The van der Waals surface area contributed by atoms with Crippen molar-refractivity contribution in [3.8, 4) is 11.1 Å². The minimum atomic E-state index is -0.695. The first-order valence-electron chi connectivity index (χ1n) is 13.9. The maximum Gasteiger partial charge on any atom is 0.332 e. The van der Waals surface area contributed by atoms with Gasteiger partial charge in [0.15, 0.2) is 0 Å². The average molecular weight is 563 g/mol. The minimum absolute atomic E-state index is 0.166. The van der Waals surface area contributed by atoms with Gasteiger partial charge in [0, 0.05) is 32.0 Å². The molecule has 0 spiro atoms. The van der Waals surface area contributed by atoms with Crippen molar-refractivity contribution in [2.45, 2.75) is 18.9 Å². The Morgan fingerprint density at radius 2 is 1.43 bits per heavy atom. The van der Waals surface area contributed by atoms with Crippen molar-refractivity contribution in [1.29, 1.82) is 0 Å². The molecule has 2 aliphatic rings. The maximum absolute atomic E-state index is 13.9. The van der Waals surface area contributed by atoms with E-state index in [0.717, 1.165) is 29.5 Å². The number of hydrogen-bond acceptors (Lipinski definition) is 7. The van der Waals surface area contributed by atoms with Gasteiger partial charge in [0.05, 0.1) is 11.3 Å². The van der Waals surface area contributed by atoms with Crippen molar-refractivity contribution >= 4 is 29.5 Å². The Balaban J connectivity index is 1.18. The Bertz CT molecular complexity index is 1560. The molecule has 0 saturated carbocycles. The molecule has 10 nitrogen and oxygen atoms in total. The van der Waals surface area contributed by atoms with E-state index >= 15 is 0 Å². The Kier molecular flexibility index (Phi) is 7.61. The molecule has 0 aliphatic carbocycles. The van der Waals surface area contributed by atoms with E-state index in [4.69, 9.17) is 5.21 Å². The predicted octanol–water partition coefficient (Wildman–Crippen LogP) is 4.69. The minimum Gasteiger partial charge on any atom is -0.341 e. The fourth-order valence-corrected chi connectivity index (χ4v) is 5.66. The first-order valence-corrected chi connectivity index (χ1v) is 13.9. The fraction of sp³-hybridized carbons (Fsp3) is 0.219. The van der Waals surface area contributed by atoms with E-state index in [-0.39, 0.29) is 23.4 Å². The zero-order valence-corrected chi connectivity index (χ0v) is 22.8. The molecule has 2 saturated heterocycles. The van der Waals surface area contributed by atoms with Gasteiger partial charge >= 0.3 is 6.03 Å². The number of nitrogens with zero attached hydrogens (tertiary/aromatic N) is 5. The van der Waals surface area contributed by atoms with Crippen molar-refractivity contribution < 1.29 is 19.6 Å². The molecule has 0 radical (unpaired) electrons. The number of anilines is 2. The molecule has 10 heteroatoms. The number of carbonyl (C=O) groups is 3. The van der Waals surface area contributed by atoms with Crippen molar-refractivity contribution in [2.75, 3.05) is 29.4 Å². The number of benzene rings is 3. The monoisotopic (exact) mass is 562 g/mol. The van der Waals surface area contributed by atoms with Crippen LogP contribution in [0, 0.1) is 5.92 Å². The van der Waals surface area contributed by atoms with E-state index in [1.807, 2.05) is 89.8 Å². The van der Waals surface area contributed by atoms with Crippen molar-refractivity contribution in [3.05, 3.63) is 108 Å². The zero-order chi connectivity index (χ0) is 29.1. The predicted molar refractivity (Wildman–Crippen MR) is 157 cm³/mol. The van der Waals surface area contributed by atoms with Crippen molar-refractivity contribution in [1.82, 2.24) is 20.3 Å². The number of hydrogen-bond donors (Lipinski definition) is 2. The van der Waals surface area contributed by atoms with Gasteiger partial charge in [-0.05, 0) is 47.6 Å². The van der Waals surface area contributed by atoms with Crippen LogP contribution < -0.4 is 15.3 Å². The van der Waals surface area contributed by atoms with Crippen molar-refractivity contribution in [2.24, 2.45) is 5.92 Å². The Morgan fingerprint density at radius 3 is 2.05 bits per heavy atom. The summed E-state index contributed by atoms with van der Waals surface area (Å²) >= 11 is 0. The molecule has 0 bridgehead atoms. The van der Waals surface area contributed by atoms with E-state index < -0.39 is 11.9 Å². The third-order valence-corrected chi connectivity index (χ3v) is 7.91. The van der Waals surface area contributed by atoms with E-state index in [9.17, 15) is 14.4 Å². The Labute approximate surface area is 243 Å². The van der Waals surface area contributed by atoms with Crippen molar-refractivity contribution in [3.63, 3.8) is 0 Å². The summed E-state index contributed by atoms with van der Waals surface area (Å²) in [4.78, 5) is 52.9. The number of imide groups is 1. The van der Waals surface area contributed by atoms with Gasteiger partial charge in [0.1, 0.15) is 6.04 Å². The molecule has 4 aromatic rings. The lowest BCUT2D eigenvalue weighted by molar-refractivity contribution is -0.120. The number of amides is 4. The molecule has 4 amide bonds. The number of hydroxylamine groups is 1. The number of urea groups is 1. The van der Waals surface area contributed by atoms with Gasteiger partial charge in [-0.3, -0.25) is 14.8 Å². The average Bonchev–Trinajstić information content (AvgIpc) is 3.30. The largest absolute Gasteiger partial charge is 0.341 e. The van der Waals surface area contributed by atoms with Crippen LogP contribution in [0.25, 0.3) is 11.1 Å². The molecule has 6 rings (SSSR count). The summed E-state index contributed by atoms with van der Waals surface area (Å²) in [7, 11) is 0. The highest BCUT2D eigenvalue weighted by Gasteiger charge is 2.47. The molecule has 2 aliphatic heterocycles. The molecular formula is C32H30N6O4. The molecule has 3 heterocycles. The van der Waals surface area contributed by atoms with Crippen LogP contribution in [0.5, 0.6) is 0 Å². The third kappa shape index (κ3) is 5.31. The number of aromatic nitrogens is 2. The molecule has 2 fully saturated rings. The van der Waals surface area contributed by atoms with Crippen LogP contribution in [0.3, 0.4) is 0 Å². The highest BCUT2D eigenvalue weighted by atomic mass is 16.5. The van der Waals surface area contributed by atoms with Gasteiger partial charge in [-0.2, -0.15) is 0 Å². The van der Waals surface area contributed by atoms with E-state index in [0.29, 0.717) is 31.3 Å². The van der Waals surface area contributed by atoms with E-state index in [1.165, 1.54) is 17.3 Å². The molecule has 1 unspecified atom stereocenters. The maximum atomic E-state index is 13.9. The number of nitrogens with one attached hydrogen (secondary N) is 1. The second-order valence-corrected chi connectivity index (χ2v) is 10.5. The standard InChI is InChI=1S/C32H30N6O4/c39-29(35-42)26-19-33-31(34-20-26)36-17-15-22(16-18-36)21-37-28(25-9-5-2-6-10-25)30(40)38(32(37)41)27-13-11-24(12-14-27)23-7-3-1-4-8-23/h1-14,19-20,22,28,42H,15-18,21H2,(H,35,39). The molecule has 3 aromatic carbocycles. The van der Waals surface area contributed by atoms with Crippen LogP contribution in [0.1, 0.15) is 34.8 Å². The lowest BCUT2D eigenvalue weighted by Crippen LogP contribution is -2.41. The first kappa shape index (κ1) is 27.1. The van der Waals surface area contributed by atoms with Crippen LogP contribution in [0.2, 0.25) is 0 Å². The van der Waals surface area contributed by atoms with Crippen LogP contribution >= 0.6 is 0 Å². The van der Waals surface area contributed by atoms with Gasteiger partial charge in [0.2, 0.25) is 5.95 Å². The second kappa shape index (κ2) is 11.8. The summed E-state index contributed by atoms with van der Waals surface area (Å²) in [6.45, 7) is 1.80. The first-order chi connectivity index (χ1) is 20.5. The van der Waals surface area contributed by atoms with Gasteiger partial charge in [0.25, 0.3) is 11.8 Å². The summed E-state index contributed by atoms with van der Waals surface area (Å²) in [5.74, 6) is -0.234. The lowest BCUT2D eigenvalue weighted by atomic mass is 9.95. The Morgan fingerprint density at radius 1 is 0.833 bits per heavy atom. The van der Waals surface area contributed by atoms with Crippen LogP contribution in [0.4, 0.5) is 16.4 Å². The lowest BCUT2D eigenvalue weighted by Gasteiger charge is -2.34. The van der Waals surface area contributed by atoms with Crippen LogP contribution in [-0.4, -0.2) is 57.6 Å². The van der Waals surface area contributed by atoms with Crippen LogP contribution in [-0.2, 0) is 4.79 Å². The fourth-order valence-electron chi connectivity index (χ4n) is 5.66. The molecular weight excluding hydrogens is 532 g/mol. The van der Waals surface area contributed by atoms with E-state index in [1.54, 1.807) is 10.4 Å². The SMILES string of the molecule is O=C(NO)c1cnc(N2CCC(CN3C(=O)N(c4ccc(-c5ccccc5)cc4)C(=O)C3c3ccccc3)CC2)nc1. The van der Waals surface area contributed by atoms with E-state index in [2.05, 4.69) is 9.97 Å². The molecule has 2 N–H and O–H groups in total. The summed E-state index contributed by atoms with van der Waals surface area (Å²) in [6, 6.07) is 26.0. The second-order valence-electron chi connectivity index (χ2n) is 10.5. The van der Waals surface area contributed by atoms with Gasteiger partial charge in [-0.15, -0.1) is 0 Å². The smallest absolute Gasteiger partial charge is 0.332 e. The number of piperidine rings is 1. The summed E-state index contributed by atoms with van der Waals surface area (Å²) in [5, 5.41) is 8.80. The molecule has 1 atom stereocenters. The number of carbonyl (C=O) groups excluding carboxylic acids is 3. The zero-order valence-electron chi connectivity index (χ0n) is 22.8. The normalized spacial score (nSPS) is 17.5. The summed E-state index contributed by atoms with van der Waals surface area (Å²) < 4.78 is 0. The summed E-state index contributed by atoms with van der Waals surface area (Å²) in [6.07, 6.45) is 4.32. The molecule has 1 aromatic heterocycles. The van der Waals surface area contributed by atoms with Crippen LogP contribution in [0.15, 0.2) is 97.3 Å². The number of rotatable bonds is 7.